The lowest BCUT2D eigenvalue weighted by Crippen LogP contribution is -2.30. The number of hydrogen-bond acceptors (Lipinski definition) is 3. The lowest BCUT2D eigenvalue weighted by Gasteiger charge is -2.08. The summed E-state index contributed by atoms with van der Waals surface area (Å²) in [4.78, 5) is 12.0. The largest absolute Gasteiger partial charge is 0.293 e. The minimum atomic E-state index is -3.96. The molecule has 0 aliphatic carbocycles. The molecule has 0 unspecified atom stereocenters. The molecular formula is C18H13F2NO3S. The van der Waals surface area contributed by atoms with Crippen molar-refractivity contribution in [1.82, 2.24) is 4.72 Å². The maximum atomic E-state index is 13.6. The summed E-state index contributed by atoms with van der Waals surface area (Å²) < 4.78 is 53.5. The molecule has 0 aliphatic rings. The van der Waals surface area contributed by atoms with Crippen molar-refractivity contribution in [3.63, 3.8) is 0 Å². The van der Waals surface area contributed by atoms with E-state index in [9.17, 15) is 22.0 Å². The third kappa shape index (κ3) is 3.57. The summed E-state index contributed by atoms with van der Waals surface area (Å²) in [6.07, 6.45) is 0. The highest BCUT2D eigenvalue weighted by molar-refractivity contribution is 7.89. The molecule has 0 radical (unpaired) electrons. The number of benzene rings is 3. The van der Waals surface area contributed by atoms with E-state index in [-0.39, 0.29) is 4.90 Å². The number of nitrogens with one attached hydrogen (secondary N) is 1. The lowest BCUT2D eigenvalue weighted by molar-refractivity contribution is 0.0992. The molecule has 0 fully saturated rings. The van der Waals surface area contributed by atoms with Gasteiger partial charge in [0.05, 0.1) is 17.0 Å². The van der Waals surface area contributed by atoms with Crippen LogP contribution >= 0.6 is 0 Å². The Morgan fingerprint density at radius 1 is 0.920 bits per heavy atom. The molecule has 0 aromatic heterocycles. The topological polar surface area (TPSA) is 63.2 Å². The number of hydrogen-bond donors (Lipinski definition) is 1. The predicted octanol–water partition coefficient (Wildman–Crippen LogP) is 3.28. The Balaban J connectivity index is 1.81. The highest BCUT2D eigenvalue weighted by Crippen LogP contribution is 2.19. The smallest absolute Gasteiger partial charge is 0.241 e. The molecule has 25 heavy (non-hydrogen) atoms. The van der Waals surface area contributed by atoms with Gasteiger partial charge in [-0.25, -0.2) is 21.9 Å². The second kappa shape index (κ2) is 6.70. The quantitative estimate of drug-likeness (QED) is 0.710. The van der Waals surface area contributed by atoms with Crippen LogP contribution in [0.15, 0.2) is 65.6 Å². The Morgan fingerprint density at radius 3 is 2.40 bits per heavy atom. The minimum Gasteiger partial charge on any atom is -0.293 e. The number of carbonyl (C=O) groups is 1. The molecule has 0 atom stereocenters. The van der Waals surface area contributed by atoms with Crippen LogP contribution in [0.5, 0.6) is 0 Å². The average Bonchev–Trinajstić information content (AvgIpc) is 2.61. The van der Waals surface area contributed by atoms with Gasteiger partial charge in [-0.1, -0.05) is 36.4 Å². The Morgan fingerprint density at radius 2 is 1.64 bits per heavy atom. The highest BCUT2D eigenvalue weighted by Gasteiger charge is 2.19. The summed E-state index contributed by atoms with van der Waals surface area (Å²) in [5, 5.41) is 1.60. The van der Waals surface area contributed by atoms with Crippen LogP contribution in [0.4, 0.5) is 8.78 Å². The van der Waals surface area contributed by atoms with Crippen molar-refractivity contribution in [2.75, 3.05) is 6.54 Å². The summed E-state index contributed by atoms with van der Waals surface area (Å²) in [7, 11) is -3.96. The summed E-state index contributed by atoms with van der Waals surface area (Å²) >= 11 is 0. The predicted molar refractivity (Wildman–Crippen MR) is 89.8 cm³/mol. The van der Waals surface area contributed by atoms with Crippen LogP contribution in [0.3, 0.4) is 0 Å². The van der Waals surface area contributed by atoms with Crippen LogP contribution in [-0.4, -0.2) is 20.7 Å². The van der Waals surface area contributed by atoms with Gasteiger partial charge in [0.25, 0.3) is 0 Å². The molecule has 4 nitrogen and oxygen atoms in total. The molecule has 0 spiro atoms. The van der Waals surface area contributed by atoms with Gasteiger partial charge in [0.15, 0.2) is 17.4 Å². The second-order valence-corrected chi connectivity index (χ2v) is 7.13. The van der Waals surface area contributed by atoms with Gasteiger partial charge in [-0.2, -0.15) is 0 Å². The van der Waals surface area contributed by atoms with Crippen LogP contribution in [-0.2, 0) is 10.0 Å². The van der Waals surface area contributed by atoms with Crippen LogP contribution in [0, 0.1) is 11.6 Å². The van der Waals surface area contributed by atoms with Gasteiger partial charge in [-0.3, -0.25) is 4.79 Å². The summed E-state index contributed by atoms with van der Waals surface area (Å²) in [6.45, 7) is -0.671. The zero-order valence-corrected chi connectivity index (χ0v) is 13.7. The molecule has 1 N–H and O–H groups in total. The van der Waals surface area contributed by atoms with E-state index < -0.39 is 39.5 Å². The first-order valence-electron chi connectivity index (χ1n) is 7.34. The zero-order chi connectivity index (χ0) is 18.0. The first-order valence-corrected chi connectivity index (χ1v) is 8.82. The molecule has 3 aromatic rings. The molecule has 0 saturated heterocycles. The molecule has 0 amide bonds. The maximum Gasteiger partial charge on any atom is 0.241 e. The Bertz CT molecular complexity index is 1060. The van der Waals surface area contributed by atoms with Crippen molar-refractivity contribution in [2.24, 2.45) is 0 Å². The molecule has 0 heterocycles. The normalized spacial score (nSPS) is 11.6. The highest BCUT2D eigenvalue weighted by atomic mass is 32.2. The number of carbonyl (C=O) groups excluding carboxylic acids is 1. The fourth-order valence-electron chi connectivity index (χ4n) is 2.39. The van der Waals surface area contributed by atoms with Crippen molar-refractivity contribution in [3.8, 4) is 0 Å². The van der Waals surface area contributed by atoms with E-state index in [0.29, 0.717) is 0 Å². The number of sulfonamides is 1. The molecule has 0 bridgehead atoms. The van der Waals surface area contributed by atoms with E-state index in [4.69, 9.17) is 0 Å². The van der Waals surface area contributed by atoms with Crippen molar-refractivity contribution in [1.29, 1.82) is 0 Å². The van der Waals surface area contributed by atoms with E-state index in [1.54, 1.807) is 18.2 Å². The standard InChI is InChI=1S/C18H13F2NO3S/c19-16-7-3-6-15(18(16)20)17(22)11-21-25(23,24)14-9-8-12-4-1-2-5-13(12)10-14/h1-10,21H,11H2. The summed E-state index contributed by atoms with van der Waals surface area (Å²) in [6, 6.07) is 14.9. The van der Waals surface area contributed by atoms with Gasteiger partial charge in [0.1, 0.15) is 0 Å². The Labute approximate surface area is 143 Å². The minimum absolute atomic E-state index is 0.0151. The zero-order valence-electron chi connectivity index (χ0n) is 12.9. The van der Waals surface area contributed by atoms with Gasteiger partial charge >= 0.3 is 0 Å². The second-order valence-electron chi connectivity index (χ2n) is 5.36. The molecule has 128 valence electrons. The van der Waals surface area contributed by atoms with E-state index in [0.717, 1.165) is 22.9 Å². The fraction of sp³-hybridized carbons (Fsp3) is 0.0556. The van der Waals surface area contributed by atoms with Gasteiger partial charge < -0.3 is 0 Å². The van der Waals surface area contributed by atoms with Crippen molar-refractivity contribution in [3.05, 3.63) is 77.9 Å². The van der Waals surface area contributed by atoms with Gasteiger partial charge in [0.2, 0.25) is 10.0 Å². The number of fused-ring (bicyclic) bond motifs is 1. The SMILES string of the molecule is O=C(CNS(=O)(=O)c1ccc2ccccc2c1)c1cccc(F)c1F. The molecule has 3 rings (SSSR count). The van der Waals surface area contributed by atoms with E-state index in [2.05, 4.69) is 4.72 Å². The number of Topliss-reactive ketones (excluding diaryl/α,β-unsaturated/α-hetero) is 1. The first kappa shape index (κ1) is 17.2. The van der Waals surface area contributed by atoms with Gasteiger partial charge in [-0.05, 0) is 35.0 Å². The first-order chi connectivity index (χ1) is 11.9. The molecule has 3 aromatic carbocycles. The van der Waals surface area contributed by atoms with Crippen LogP contribution < -0.4 is 4.72 Å². The van der Waals surface area contributed by atoms with Crippen molar-refractivity contribution in [2.45, 2.75) is 4.90 Å². The third-order valence-corrected chi connectivity index (χ3v) is 5.10. The summed E-state index contributed by atoms with van der Waals surface area (Å²) in [5.41, 5.74) is -0.499. The lowest BCUT2D eigenvalue weighted by atomic mass is 10.1. The van der Waals surface area contributed by atoms with E-state index in [1.807, 2.05) is 12.1 Å². The van der Waals surface area contributed by atoms with Gasteiger partial charge in [0, 0.05) is 0 Å². The molecule has 0 saturated carbocycles. The average molecular weight is 361 g/mol. The summed E-state index contributed by atoms with van der Waals surface area (Å²) in [5.74, 6) is -3.32. The van der Waals surface area contributed by atoms with Crippen LogP contribution in [0.25, 0.3) is 10.8 Å². The third-order valence-electron chi connectivity index (χ3n) is 3.71. The molecule has 0 aliphatic heterocycles. The number of rotatable bonds is 5. The van der Waals surface area contributed by atoms with Crippen molar-refractivity contribution < 1.29 is 22.0 Å². The number of ketones is 1. The Kier molecular flexibility index (Phi) is 4.61. The van der Waals surface area contributed by atoms with E-state index >= 15 is 0 Å². The van der Waals surface area contributed by atoms with Crippen LogP contribution in [0.2, 0.25) is 0 Å². The molecular weight excluding hydrogens is 348 g/mol. The van der Waals surface area contributed by atoms with E-state index in [1.165, 1.54) is 18.2 Å². The maximum absolute atomic E-state index is 13.6. The Hall–Kier alpha value is -2.64. The monoisotopic (exact) mass is 361 g/mol. The van der Waals surface area contributed by atoms with Gasteiger partial charge in [-0.15, -0.1) is 0 Å². The molecule has 7 heteroatoms. The van der Waals surface area contributed by atoms with Crippen LogP contribution in [0.1, 0.15) is 10.4 Å². The van der Waals surface area contributed by atoms with Crippen molar-refractivity contribution >= 4 is 26.6 Å². The number of halogens is 2. The fourth-order valence-corrected chi connectivity index (χ4v) is 3.41.